The van der Waals surface area contributed by atoms with E-state index in [1.54, 1.807) is 6.07 Å². The van der Waals surface area contributed by atoms with Crippen LogP contribution in [0.1, 0.15) is 24.0 Å². The lowest BCUT2D eigenvalue weighted by molar-refractivity contribution is -0.274. The molecular formula is C24H20F4N4O4S. The van der Waals surface area contributed by atoms with Crippen molar-refractivity contribution in [2.45, 2.75) is 36.2 Å². The maximum atomic E-state index is 13.8. The molecule has 0 bridgehead atoms. The Balaban J connectivity index is 1.77. The number of hydrogen-bond donors (Lipinski definition) is 1. The molecule has 37 heavy (non-hydrogen) atoms. The summed E-state index contributed by atoms with van der Waals surface area (Å²) in [5, 5.41) is -2.24. The first-order valence-corrected chi connectivity index (χ1v) is 12.4. The van der Waals surface area contributed by atoms with Crippen LogP contribution < -0.4 is 10.5 Å². The van der Waals surface area contributed by atoms with Crippen molar-refractivity contribution in [3.8, 4) is 5.75 Å². The Hall–Kier alpha value is -4.00. The van der Waals surface area contributed by atoms with Gasteiger partial charge in [0.15, 0.2) is 10.9 Å². The van der Waals surface area contributed by atoms with E-state index in [0.717, 1.165) is 24.3 Å². The molecule has 4 rings (SSSR count). The smallest absolute Gasteiger partial charge is 0.406 e. The number of aromatic nitrogens is 3. The van der Waals surface area contributed by atoms with Gasteiger partial charge in [0, 0.05) is 12.1 Å². The fourth-order valence-electron chi connectivity index (χ4n) is 4.00. The molecule has 2 atom stereocenters. The summed E-state index contributed by atoms with van der Waals surface area (Å²) >= 11 is 0. The number of nitrogens with two attached hydrogens (primary N) is 1. The molecule has 0 aliphatic heterocycles. The lowest BCUT2D eigenvalue weighted by Crippen LogP contribution is -2.41. The zero-order valence-corrected chi connectivity index (χ0v) is 20.0. The zero-order valence-electron chi connectivity index (χ0n) is 19.2. The van der Waals surface area contributed by atoms with E-state index in [1.165, 1.54) is 48.0 Å². The van der Waals surface area contributed by atoms with Crippen molar-refractivity contribution in [2.24, 2.45) is 5.73 Å². The highest BCUT2D eigenvalue weighted by molar-refractivity contribution is 7.92. The second kappa shape index (κ2) is 9.81. The molecule has 0 aliphatic rings. The Kier molecular flexibility index (Phi) is 6.91. The van der Waals surface area contributed by atoms with E-state index in [0.29, 0.717) is 11.1 Å². The van der Waals surface area contributed by atoms with Gasteiger partial charge in [0.25, 0.3) is 0 Å². The number of halogens is 4. The molecule has 0 saturated heterocycles. The number of sulfone groups is 1. The van der Waals surface area contributed by atoms with E-state index in [9.17, 15) is 30.8 Å². The summed E-state index contributed by atoms with van der Waals surface area (Å²) in [6, 6.07) is 12.9. The van der Waals surface area contributed by atoms with Gasteiger partial charge < -0.3 is 10.5 Å². The summed E-state index contributed by atoms with van der Waals surface area (Å²) < 4.78 is 83.6. The van der Waals surface area contributed by atoms with Crippen molar-refractivity contribution >= 4 is 26.9 Å². The number of ether oxygens (including phenoxy) is 1. The number of nitrogens with zero attached hydrogens (tertiary/aromatic N) is 3. The largest absolute Gasteiger partial charge is 0.573 e. The third kappa shape index (κ3) is 5.56. The number of amides is 1. The molecule has 0 fully saturated rings. The van der Waals surface area contributed by atoms with Gasteiger partial charge in [-0.25, -0.2) is 22.8 Å². The maximum Gasteiger partial charge on any atom is 0.573 e. The average molecular weight is 537 g/mol. The quantitative estimate of drug-likeness (QED) is 0.341. The van der Waals surface area contributed by atoms with E-state index >= 15 is 0 Å². The number of primary amides is 1. The van der Waals surface area contributed by atoms with Crippen molar-refractivity contribution < 1.29 is 35.5 Å². The van der Waals surface area contributed by atoms with Gasteiger partial charge in [-0.3, -0.25) is 9.36 Å². The van der Waals surface area contributed by atoms with Gasteiger partial charge in [-0.15, -0.1) is 13.2 Å². The lowest BCUT2D eigenvalue weighted by Gasteiger charge is -2.22. The summed E-state index contributed by atoms with van der Waals surface area (Å²) in [6.07, 6.45) is -3.44. The fraction of sp³-hybridized carbons (Fsp3) is 0.208. The van der Waals surface area contributed by atoms with Crippen LogP contribution in [-0.2, 0) is 21.2 Å². The molecule has 2 aromatic carbocycles. The summed E-state index contributed by atoms with van der Waals surface area (Å²) in [7, 11) is -4.53. The Bertz CT molecular complexity index is 1540. The Morgan fingerprint density at radius 1 is 1.08 bits per heavy atom. The van der Waals surface area contributed by atoms with Crippen LogP contribution in [0.3, 0.4) is 0 Å². The summed E-state index contributed by atoms with van der Waals surface area (Å²) in [4.78, 5) is 20.9. The summed E-state index contributed by atoms with van der Waals surface area (Å²) in [5.41, 5.74) is 6.72. The van der Waals surface area contributed by atoms with E-state index in [1.807, 2.05) is 0 Å². The first-order chi connectivity index (χ1) is 17.4. The van der Waals surface area contributed by atoms with Gasteiger partial charge in [-0.2, -0.15) is 0 Å². The number of carbonyl (C=O) groups is 1. The number of benzene rings is 2. The number of imidazole rings is 1. The molecule has 0 radical (unpaired) electrons. The highest BCUT2D eigenvalue weighted by Gasteiger charge is 2.41. The second-order valence-electron chi connectivity index (χ2n) is 8.23. The molecule has 4 aromatic rings. The van der Waals surface area contributed by atoms with Crippen LogP contribution >= 0.6 is 0 Å². The highest BCUT2D eigenvalue weighted by Crippen LogP contribution is 2.31. The number of carbonyl (C=O) groups excluding carboxylic acids is 1. The van der Waals surface area contributed by atoms with Crippen LogP contribution in [0.25, 0.3) is 11.2 Å². The minimum absolute atomic E-state index is 0.148. The van der Waals surface area contributed by atoms with Gasteiger partial charge in [0.2, 0.25) is 20.9 Å². The van der Waals surface area contributed by atoms with Gasteiger partial charge in [-0.05, 0) is 47.5 Å². The number of rotatable bonds is 8. The topological polar surface area (TPSA) is 117 Å². The number of alkyl halides is 3. The van der Waals surface area contributed by atoms with Gasteiger partial charge >= 0.3 is 6.36 Å². The molecule has 0 aliphatic carbocycles. The minimum Gasteiger partial charge on any atom is -0.406 e. The molecule has 13 heteroatoms. The molecule has 2 N–H and O–H groups in total. The summed E-state index contributed by atoms with van der Waals surface area (Å²) in [6.45, 7) is 1.33. The monoisotopic (exact) mass is 536 g/mol. The normalized spacial score (nSPS) is 13.9. The second-order valence-corrected chi connectivity index (χ2v) is 10.2. The number of pyridine rings is 1. The van der Waals surface area contributed by atoms with Crippen LogP contribution in [0.15, 0.2) is 72.0 Å². The Labute approximate surface area is 208 Å². The molecule has 0 spiro atoms. The Morgan fingerprint density at radius 3 is 2.32 bits per heavy atom. The minimum atomic E-state index is -4.86. The first-order valence-electron chi connectivity index (χ1n) is 10.8. The third-order valence-corrected chi connectivity index (χ3v) is 7.82. The van der Waals surface area contributed by atoms with Crippen LogP contribution in [0, 0.1) is 5.82 Å². The van der Waals surface area contributed by atoms with E-state index in [2.05, 4.69) is 14.7 Å². The van der Waals surface area contributed by atoms with Crippen LogP contribution in [0.4, 0.5) is 17.6 Å². The molecular weight excluding hydrogens is 516 g/mol. The predicted molar refractivity (Wildman–Crippen MR) is 125 cm³/mol. The lowest BCUT2D eigenvalue weighted by atomic mass is 9.97. The third-order valence-electron chi connectivity index (χ3n) is 5.69. The number of fused-ring (bicyclic) bond motifs is 1. The highest BCUT2D eigenvalue weighted by atomic mass is 32.2. The first kappa shape index (κ1) is 26.1. The van der Waals surface area contributed by atoms with Gasteiger partial charge in [0.1, 0.15) is 17.1 Å². The SMILES string of the molecule is C[C@@H](c1ccc(F)cc1)C(C(N)=O)S(=O)(=O)c1nc2cccnc2n1Cc1ccc(OC(F)(F)F)cc1. The van der Waals surface area contributed by atoms with Crippen molar-refractivity contribution in [2.75, 3.05) is 0 Å². The molecule has 2 aromatic heterocycles. The zero-order chi connectivity index (χ0) is 27.0. The standard InChI is InChI=1S/C24H20F4N4O4S/c1-14(16-6-8-17(25)9-7-16)20(21(29)33)37(34,35)23-31-19-3-2-12-30-22(19)32(23)13-15-4-10-18(11-5-15)36-24(26,27)28/h2-12,14,20H,13H2,1H3,(H2,29,33)/t14-,20?/m0/s1. The van der Waals surface area contributed by atoms with E-state index in [-0.39, 0.29) is 17.7 Å². The Morgan fingerprint density at radius 2 is 1.73 bits per heavy atom. The van der Waals surface area contributed by atoms with Crippen molar-refractivity contribution in [1.29, 1.82) is 0 Å². The molecule has 8 nitrogen and oxygen atoms in total. The molecule has 2 heterocycles. The maximum absolute atomic E-state index is 13.8. The van der Waals surface area contributed by atoms with Crippen LogP contribution in [0.5, 0.6) is 5.75 Å². The van der Waals surface area contributed by atoms with Crippen LogP contribution in [0.2, 0.25) is 0 Å². The van der Waals surface area contributed by atoms with E-state index < -0.39 is 50.0 Å². The summed E-state index contributed by atoms with van der Waals surface area (Å²) in [5.74, 6) is -3.06. The fourth-order valence-corrected chi connectivity index (χ4v) is 5.91. The average Bonchev–Trinajstić information content (AvgIpc) is 3.19. The van der Waals surface area contributed by atoms with Gasteiger partial charge in [0.05, 0.1) is 6.54 Å². The van der Waals surface area contributed by atoms with E-state index in [4.69, 9.17) is 5.73 Å². The van der Waals surface area contributed by atoms with Crippen molar-refractivity contribution in [1.82, 2.24) is 14.5 Å². The molecule has 1 unspecified atom stereocenters. The number of hydrogen-bond acceptors (Lipinski definition) is 6. The van der Waals surface area contributed by atoms with Gasteiger partial charge in [-0.1, -0.05) is 31.2 Å². The van der Waals surface area contributed by atoms with Crippen molar-refractivity contribution in [3.05, 3.63) is 83.8 Å². The molecule has 1 amide bonds. The predicted octanol–water partition coefficient (Wildman–Crippen LogP) is 3.95. The molecule has 194 valence electrons. The van der Waals surface area contributed by atoms with Crippen LogP contribution in [-0.4, -0.2) is 40.5 Å². The van der Waals surface area contributed by atoms with Crippen molar-refractivity contribution in [3.63, 3.8) is 0 Å². The molecule has 0 saturated carbocycles.